The van der Waals surface area contributed by atoms with Crippen molar-refractivity contribution in [3.05, 3.63) is 34.0 Å². The predicted molar refractivity (Wildman–Crippen MR) is 69.1 cm³/mol. The molecule has 0 aromatic heterocycles. The summed E-state index contributed by atoms with van der Waals surface area (Å²) in [6, 6.07) is 3.08. The lowest BCUT2D eigenvalue weighted by molar-refractivity contribution is -0.385. The first-order chi connectivity index (χ1) is 9.24. The number of benzene rings is 1. The van der Waals surface area contributed by atoms with Crippen LogP contribution in [0.2, 0.25) is 0 Å². The molecule has 0 radical (unpaired) electrons. The van der Waals surface area contributed by atoms with Crippen LogP contribution in [0.25, 0.3) is 6.08 Å². The Morgan fingerprint density at radius 2 is 1.89 bits per heavy atom. The Morgan fingerprint density at radius 3 is 2.58 bits per heavy atom. The highest BCUT2D eigenvalue weighted by molar-refractivity contribution is 5.66. The van der Waals surface area contributed by atoms with Crippen LogP contribution in [0.5, 0.6) is 11.5 Å². The van der Waals surface area contributed by atoms with E-state index >= 15 is 0 Å². The van der Waals surface area contributed by atoms with E-state index in [1.54, 1.807) is 12.1 Å². The molecule has 6 nitrogen and oxygen atoms in total. The Hall–Kier alpha value is -2.24. The van der Waals surface area contributed by atoms with E-state index in [2.05, 4.69) is 4.90 Å². The summed E-state index contributed by atoms with van der Waals surface area (Å²) in [5.74, 6) is 0.997. The molecule has 0 unspecified atom stereocenters. The van der Waals surface area contributed by atoms with E-state index in [0.29, 0.717) is 17.1 Å². The molecule has 2 aliphatic rings. The minimum absolute atomic E-state index is 0.0414. The van der Waals surface area contributed by atoms with Crippen LogP contribution in [0, 0.1) is 10.1 Å². The van der Waals surface area contributed by atoms with E-state index in [1.165, 1.54) is 18.9 Å². The van der Waals surface area contributed by atoms with E-state index in [-0.39, 0.29) is 12.5 Å². The molecule has 0 N–H and O–H groups in total. The highest BCUT2D eigenvalue weighted by atomic mass is 16.7. The average Bonchev–Trinajstić information content (AvgIpc) is 3.05. The maximum absolute atomic E-state index is 11.1. The Bertz CT molecular complexity index is 536. The molecule has 0 bridgehead atoms. The minimum atomic E-state index is -0.397. The first kappa shape index (κ1) is 11.8. The van der Waals surface area contributed by atoms with Crippen LogP contribution >= 0.6 is 0 Å². The second-order valence-electron chi connectivity index (χ2n) is 4.58. The quantitative estimate of drug-likeness (QED) is 0.618. The minimum Gasteiger partial charge on any atom is -0.454 e. The standard InChI is InChI=1S/C13H14N2O4/c16-15(17)11-8-13-12(18-9-19-13)7-10(11)3-6-14-4-1-2-5-14/h3,6-8H,1-2,4-5,9H2/b6-3+. The molecule has 2 aliphatic heterocycles. The van der Waals surface area contributed by atoms with Gasteiger partial charge in [-0.05, 0) is 31.2 Å². The van der Waals surface area contributed by atoms with Crippen molar-refractivity contribution in [2.75, 3.05) is 19.9 Å². The van der Waals surface area contributed by atoms with Gasteiger partial charge in [-0.2, -0.15) is 0 Å². The summed E-state index contributed by atoms with van der Waals surface area (Å²) in [5.41, 5.74) is 0.584. The summed E-state index contributed by atoms with van der Waals surface area (Å²) >= 11 is 0. The Kier molecular flexibility index (Phi) is 2.98. The molecule has 1 fully saturated rings. The largest absolute Gasteiger partial charge is 0.454 e. The number of hydrogen-bond acceptors (Lipinski definition) is 5. The lowest BCUT2D eigenvalue weighted by atomic mass is 10.1. The maximum Gasteiger partial charge on any atom is 0.280 e. The number of nitro groups is 1. The van der Waals surface area contributed by atoms with Crippen LogP contribution < -0.4 is 9.47 Å². The van der Waals surface area contributed by atoms with Crippen LogP contribution in [0.4, 0.5) is 5.69 Å². The molecule has 0 amide bonds. The van der Waals surface area contributed by atoms with Gasteiger partial charge in [0.1, 0.15) is 0 Å². The molecule has 2 heterocycles. The van der Waals surface area contributed by atoms with Gasteiger partial charge in [-0.3, -0.25) is 10.1 Å². The normalized spacial score (nSPS) is 17.4. The zero-order chi connectivity index (χ0) is 13.2. The first-order valence-corrected chi connectivity index (χ1v) is 6.24. The van der Waals surface area contributed by atoms with Crippen molar-refractivity contribution in [3.8, 4) is 11.5 Å². The third-order valence-electron chi connectivity index (χ3n) is 3.32. The zero-order valence-corrected chi connectivity index (χ0v) is 10.4. The molecule has 6 heteroatoms. The summed E-state index contributed by atoms with van der Waals surface area (Å²) in [7, 11) is 0. The van der Waals surface area contributed by atoms with Gasteiger partial charge in [-0.1, -0.05) is 0 Å². The van der Waals surface area contributed by atoms with Crippen LogP contribution in [-0.4, -0.2) is 29.7 Å². The summed E-state index contributed by atoms with van der Waals surface area (Å²) in [6.45, 7) is 2.13. The average molecular weight is 262 g/mol. The fraction of sp³-hybridized carbons (Fsp3) is 0.385. The third kappa shape index (κ3) is 2.33. The fourth-order valence-electron chi connectivity index (χ4n) is 2.31. The van der Waals surface area contributed by atoms with Crippen LogP contribution in [-0.2, 0) is 0 Å². The highest BCUT2D eigenvalue weighted by Gasteiger charge is 2.22. The summed E-state index contributed by atoms with van der Waals surface area (Å²) < 4.78 is 10.4. The summed E-state index contributed by atoms with van der Waals surface area (Å²) in [5, 5.41) is 11.1. The van der Waals surface area contributed by atoms with Crippen molar-refractivity contribution in [2.45, 2.75) is 12.8 Å². The molecule has 0 aliphatic carbocycles. The summed E-state index contributed by atoms with van der Waals surface area (Å²) in [4.78, 5) is 12.8. The van der Waals surface area contributed by atoms with Gasteiger partial charge in [0.2, 0.25) is 6.79 Å². The number of likely N-dealkylation sites (tertiary alicyclic amines) is 1. The molecule has 1 saturated heterocycles. The first-order valence-electron chi connectivity index (χ1n) is 6.24. The van der Waals surface area contributed by atoms with Crippen LogP contribution in [0.3, 0.4) is 0 Å². The molecule has 0 spiro atoms. The molecule has 100 valence electrons. The van der Waals surface area contributed by atoms with Gasteiger partial charge in [0.05, 0.1) is 16.6 Å². The van der Waals surface area contributed by atoms with E-state index in [9.17, 15) is 10.1 Å². The zero-order valence-electron chi connectivity index (χ0n) is 10.4. The second-order valence-corrected chi connectivity index (χ2v) is 4.58. The Labute approximate surface area is 110 Å². The molecule has 3 rings (SSSR count). The van der Waals surface area contributed by atoms with Gasteiger partial charge in [0, 0.05) is 13.1 Å². The topological polar surface area (TPSA) is 64.8 Å². The van der Waals surface area contributed by atoms with Crippen molar-refractivity contribution in [2.24, 2.45) is 0 Å². The monoisotopic (exact) mass is 262 g/mol. The number of nitro benzene ring substituents is 1. The molecular formula is C13H14N2O4. The van der Waals surface area contributed by atoms with Gasteiger partial charge >= 0.3 is 0 Å². The number of nitrogens with zero attached hydrogens (tertiary/aromatic N) is 2. The molecule has 0 atom stereocenters. The molecule has 1 aromatic carbocycles. The van der Waals surface area contributed by atoms with Crippen molar-refractivity contribution < 1.29 is 14.4 Å². The van der Waals surface area contributed by atoms with E-state index in [1.807, 2.05) is 6.20 Å². The second kappa shape index (κ2) is 4.79. The smallest absolute Gasteiger partial charge is 0.280 e. The lowest BCUT2D eigenvalue weighted by Gasteiger charge is -2.10. The Morgan fingerprint density at radius 1 is 1.21 bits per heavy atom. The van der Waals surface area contributed by atoms with Crippen molar-refractivity contribution >= 4 is 11.8 Å². The van der Waals surface area contributed by atoms with Gasteiger partial charge in [0.25, 0.3) is 5.69 Å². The SMILES string of the molecule is O=[N+]([O-])c1cc2c(cc1/C=C/N1CCCC1)OCO2. The molecule has 0 saturated carbocycles. The van der Waals surface area contributed by atoms with E-state index < -0.39 is 4.92 Å². The van der Waals surface area contributed by atoms with Gasteiger partial charge < -0.3 is 14.4 Å². The van der Waals surface area contributed by atoms with E-state index in [0.717, 1.165) is 13.1 Å². The highest BCUT2D eigenvalue weighted by Crippen LogP contribution is 2.38. The maximum atomic E-state index is 11.1. The van der Waals surface area contributed by atoms with Gasteiger partial charge in [-0.25, -0.2) is 0 Å². The number of rotatable bonds is 3. The van der Waals surface area contributed by atoms with Crippen molar-refractivity contribution in [3.63, 3.8) is 0 Å². The number of fused-ring (bicyclic) bond motifs is 1. The van der Waals surface area contributed by atoms with E-state index in [4.69, 9.17) is 9.47 Å². The number of ether oxygens (including phenoxy) is 2. The van der Waals surface area contributed by atoms with Crippen LogP contribution in [0.15, 0.2) is 18.3 Å². The van der Waals surface area contributed by atoms with Crippen molar-refractivity contribution in [1.82, 2.24) is 4.90 Å². The number of hydrogen-bond donors (Lipinski definition) is 0. The van der Waals surface area contributed by atoms with Crippen LogP contribution in [0.1, 0.15) is 18.4 Å². The third-order valence-corrected chi connectivity index (χ3v) is 3.32. The van der Waals surface area contributed by atoms with Crippen molar-refractivity contribution in [1.29, 1.82) is 0 Å². The van der Waals surface area contributed by atoms with Gasteiger partial charge in [-0.15, -0.1) is 0 Å². The summed E-state index contributed by atoms with van der Waals surface area (Å²) in [6.07, 6.45) is 6.03. The Balaban J connectivity index is 1.92. The fourth-order valence-corrected chi connectivity index (χ4v) is 2.31. The molecule has 19 heavy (non-hydrogen) atoms. The van der Waals surface area contributed by atoms with Gasteiger partial charge in [0.15, 0.2) is 11.5 Å². The lowest BCUT2D eigenvalue weighted by Crippen LogP contribution is -2.10. The molecule has 1 aromatic rings. The predicted octanol–water partition coefficient (Wildman–Crippen LogP) is 2.39. The molecular weight excluding hydrogens is 248 g/mol.